The number of hydrogen-bond acceptors (Lipinski definition) is 8. The smallest absolute Gasteiger partial charge is 0.326 e. The minimum Gasteiger partial charge on any atom is -0.480 e. The molecule has 5 unspecified atom stereocenters. The van der Waals surface area contributed by atoms with Crippen molar-refractivity contribution in [2.45, 2.75) is 70.1 Å². The zero-order valence-electron chi connectivity index (χ0n) is 19.6. The van der Waals surface area contributed by atoms with E-state index in [2.05, 4.69) is 38.5 Å². The fraction of sp³-hybridized carbons (Fsp3) is 0.667. The van der Waals surface area contributed by atoms with Crippen molar-refractivity contribution in [3.8, 4) is 0 Å². The molecular formula is C21H37N7O5S. The number of H-pyrrole nitrogens is 1. The van der Waals surface area contributed by atoms with Crippen molar-refractivity contribution >= 4 is 36.3 Å². The van der Waals surface area contributed by atoms with Gasteiger partial charge in [0.1, 0.15) is 18.1 Å². The first-order chi connectivity index (χ1) is 16.1. The highest BCUT2D eigenvalue weighted by Crippen LogP contribution is 2.09. The highest BCUT2D eigenvalue weighted by Gasteiger charge is 2.31. The lowest BCUT2D eigenvalue weighted by molar-refractivity contribution is -0.143. The van der Waals surface area contributed by atoms with E-state index in [9.17, 15) is 24.3 Å². The number of imidazole rings is 1. The fourth-order valence-electron chi connectivity index (χ4n) is 3.15. The van der Waals surface area contributed by atoms with Gasteiger partial charge >= 0.3 is 5.97 Å². The number of rotatable bonds is 16. The van der Waals surface area contributed by atoms with Crippen LogP contribution < -0.4 is 27.4 Å². The van der Waals surface area contributed by atoms with Crippen LogP contribution in [0.2, 0.25) is 0 Å². The Hall–Kier alpha value is -2.64. The van der Waals surface area contributed by atoms with Gasteiger partial charge in [0.25, 0.3) is 0 Å². The molecule has 0 aliphatic heterocycles. The van der Waals surface area contributed by atoms with Crippen molar-refractivity contribution in [3.63, 3.8) is 0 Å². The van der Waals surface area contributed by atoms with Gasteiger partial charge in [0.05, 0.1) is 12.4 Å². The first-order valence-electron chi connectivity index (χ1n) is 11.3. The Morgan fingerprint density at radius 1 is 1.12 bits per heavy atom. The van der Waals surface area contributed by atoms with Crippen molar-refractivity contribution in [2.24, 2.45) is 17.4 Å². The molecule has 0 radical (unpaired) electrons. The Morgan fingerprint density at radius 2 is 1.76 bits per heavy atom. The first kappa shape index (κ1) is 29.4. The van der Waals surface area contributed by atoms with Crippen LogP contribution in [0.3, 0.4) is 0 Å². The molecule has 0 fully saturated rings. The summed E-state index contributed by atoms with van der Waals surface area (Å²) in [6.45, 7) is 4.01. The maximum Gasteiger partial charge on any atom is 0.326 e. The van der Waals surface area contributed by atoms with Crippen molar-refractivity contribution in [1.82, 2.24) is 25.9 Å². The Labute approximate surface area is 204 Å². The molecule has 0 aliphatic rings. The van der Waals surface area contributed by atoms with Crippen LogP contribution in [0, 0.1) is 5.92 Å². The minimum atomic E-state index is -1.17. The van der Waals surface area contributed by atoms with E-state index in [1.54, 1.807) is 6.92 Å². The molecule has 9 N–H and O–H groups in total. The number of aliphatic carboxylic acids is 1. The Kier molecular flexibility index (Phi) is 13.2. The number of hydrogen-bond donors (Lipinski definition) is 8. The molecule has 1 aromatic heterocycles. The number of amides is 3. The maximum absolute atomic E-state index is 13.0. The summed E-state index contributed by atoms with van der Waals surface area (Å²) < 4.78 is 0. The van der Waals surface area contributed by atoms with E-state index in [1.807, 2.05) is 6.92 Å². The summed E-state index contributed by atoms with van der Waals surface area (Å²) in [6, 6.07) is -4.09. The van der Waals surface area contributed by atoms with Crippen molar-refractivity contribution in [1.29, 1.82) is 0 Å². The number of carbonyl (C=O) groups is 4. The maximum atomic E-state index is 13.0. The quantitative estimate of drug-likeness (QED) is 0.103. The molecule has 12 nitrogen and oxygen atoms in total. The zero-order valence-corrected chi connectivity index (χ0v) is 20.5. The zero-order chi connectivity index (χ0) is 25.7. The average molecular weight is 500 g/mol. The Morgan fingerprint density at radius 3 is 2.29 bits per heavy atom. The van der Waals surface area contributed by atoms with Gasteiger partial charge in [0, 0.05) is 24.1 Å². The summed E-state index contributed by atoms with van der Waals surface area (Å²) >= 11 is 4.13. The summed E-state index contributed by atoms with van der Waals surface area (Å²) in [5.74, 6) is -3.38. The lowest BCUT2D eigenvalue weighted by Crippen LogP contribution is -2.58. The lowest BCUT2D eigenvalue weighted by Gasteiger charge is -2.25. The van der Waals surface area contributed by atoms with Crippen LogP contribution in [0.15, 0.2) is 12.5 Å². The molecule has 0 saturated carbocycles. The van der Waals surface area contributed by atoms with Crippen LogP contribution >= 0.6 is 12.6 Å². The summed E-state index contributed by atoms with van der Waals surface area (Å²) in [4.78, 5) is 56.6. The molecule has 13 heteroatoms. The molecule has 3 amide bonds. The van der Waals surface area contributed by atoms with Gasteiger partial charge in [-0.3, -0.25) is 14.4 Å². The predicted octanol–water partition coefficient (Wildman–Crippen LogP) is -1.08. The number of nitrogens with two attached hydrogens (primary N) is 2. The number of carboxylic acids is 1. The van der Waals surface area contributed by atoms with E-state index >= 15 is 0 Å². The van der Waals surface area contributed by atoms with Gasteiger partial charge in [-0.05, 0) is 25.3 Å². The molecule has 34 heavy (non-hydrogen) atoms. The topological polar surface area (TPSA) is 205 Å². The van der Waals surface area contributed by atoms with Crippen molar-refractivity contribution < 1.29 is 24.3 Å². The number of nitrogens with zero attached hydrogens (tertiary/aromatic N) is 1. The van der Waals surface area contributed by atoms with E-state index in [1.165, 1.54) is 12.5 Å². The highest BCUT2D eigenvalue weighted by atomic mass is 32.1. The largest absolute Gasteiger partial charge is 0.480 e. The Bertz CT molecular complexity index is 792. The van der Waals surface area contributed by atoms with Gasteiger partial charge in [0.2, 0.25) is 17.7 Å². The summed E-state index contributed by atoms with van der Waals surface area (Å²) in [6.07, 6.45) is 5.39. The van der Waals surface area contributed by atoms with Crippen molar-refractivity contribution in [3.05, 3.63) is 18.2 Å². The Balaban J connectivity index is 2.90. The van der Waals surface area contributed by atoms with Crippen LogP contribution in [0.5, 0.6) is 0 Å². The number of thiol groups is 1. The summed E-state index contributed by atoms with van der Waals surface area (Å²) in [7, 11) is 0. The third-order valence-electron chi connectivity index (χ3n) is 5.51. The minimum absolute atomic E-state index is 0.0756. The van der Waals surface area contributed by atoms with Gasteiger partial charge in [-0.25, -0.2) is 9.78 Å². The van der Waals surface area contributed by atoms with Gasteiger partial charge < -0.3 is 37.5 Å². The third-order valence-corrected chi connectivity index (χ3v) is 5.88. The van der Waals surface area contributed by atoms with Crippen LogP contribution in [-0.2, 0) is 25.6 Å². The predicted molar refractivity (Wildman–Crippen MR) is 130 cm³/mol. The summed E-state index contributed by atoms with van der Waals surface area (Å²) in [5.41, 5.74) is 12.0. The first-order valence-corrected chi connectivity index (χ1v) is 11.9. The van der Waals surface area contributed by atoms with Gasteiger partial charge in [0.15, 0.2) is 0 Å². The standard InChI is InChI=1S/C21H37N7O5S/c1-3-12(2)17(21(32)33)28-20(31)16(10-34)27-19(30)15(8-13-9-24-11-25-13)26-18(29)14(23)6-4-5-7-22/h9,11-12,14-17,34H,3-8,10,22-23H2,1-2H3,(H,24,25)(H,26,29)(H,27,30)(H,28,31)(H,32,33). The van der Waals surface area contributed by atoms with E-state index in [4.69, 9.17) is 11.5 Å². The van der Waals surface area contributed by atoms with E-state index in [0.717, 1.165) is 6.42 Å². The van der Waals surface area contributed by atoms with Gasteiger partial charge in [-0.2, -0.15) is 12.6 Å². The number of nitrogens with one attached hydrogen (secondary N) is 4. The monoisotopic (exact) mass is 499 g/mol. The van der Waals surface area contributed by atoms with E-state index in [-0.39, 0.29) is 18.1 Å². The number of carbonyl (C=O) groups excluding carboxylic acids is 3. The molecule has 0 aromatic carbocycles. The van der Waals surface area contributed by atoms with Gasteiger partial charge in [-0.1, -0.05) is 26.7 Å². The van der Waals surface area contributed by atoms with Crippen LogP contribution in [0.1, 0.15) is 45.2 Å². The molecule has 1 rings (SSSR count). The van der Waals surface area contributed by atoms with Crippen molar-refractivity contribution in [2.75, 3.05) is 12.3 Å². The van der Waals surface area contributed by atoms with E-state index in [0.29, 0.717) is 31.5 Å². The molecule has 0 saturated heterocycles. The molecule has 5 atom stereocenters. The lowest BCUT2D eigenvalue weighted by atomic mass is 9.99. The summed E-state index contributed by atoms with van der Waals surface area (Å²) in [5, 5.41) is 17.1. The number of aromatic amines is 1. The second kappa shape index (κ2) is 15.3. The normalized spacial score (nSPS) is 15.4. The highest BCUT2D eigenvalue weighted by molar-refractivity contribution is 7.80. The second-order valence-corrected chi connectivity index (χ2v) is 8.55. The fourth-order valence-corrected chi connectivity index (χ4v) is 3.40. The molecule has 192 valence electrons. The van der Waals surface area contributed by atoms with Crippen LogP contribution in [-0.4, -0.2) is 75.2 Å². The molecular weight excluding hydrogens is 462 g/mol. The number of unbranched alkanes of at least 4 members (excludes halogenated alkanes) is 1. The number of aromatic nitrogens is 2. The van der Waals surface area contributed by atoms with Crippen LogP contribution in [0.4, 0.5) is 0 Å². The molecule has 0 bridgehead atoms. The van der Waals surface area contributed by atoms with Gasteiger partial charge in [-0.15, -0.1) is 0 Å². The van der Waals surface area contributed by atoms with E-state index < -0.39 is 47.9 Å². The number of carboxylic acid groups (broad SMARTS) is 1. The average Bonchev–Trinajstić information content (AvgIpc) is 3.32. The molecule has 0 spiro atoms. The third kappa shape index (κ3) is 9.69. The molecule has 0 aliphatic carbocycles. The second-order valence-electron chi connectivity index (χ2n) is 8.19. The molecule has 1 heterocycles. The molecule has 1 aromatic rings. The SMILES string of the molecule is CCC(C)C(NC(=O)C(CS)NC(=O)C(Cc1cnc[nH]1)NC(=O)C(N)CCCCN)C(=O)O. The van der Waals surface area contributed by atoms with Crippen LogP contribution in [0.25, 0.3) is 0 Å².